The molecule has 132 valence electrons. The first-order chi connectivity index (χ1) is 11.7. The summed E-state index contributed by atoms with van der Waals surface area (Å²) in [6.07, 6.45) is 0. The van der Waals surface area contributed by atoms with Gasteiger partial charge in [0.1, 0.15) is 5.82 Å². The monoisotopic (exact) mass is 364 g/mol. The summed E-state index contributed by atoms with van der Waals surface area (Å²) < 4.78 is 14.4. The molecule has 1 aromatic heterocycles. The Morgan fingerprint density at radius 2 is 1.84 bits per heavy atom. The summed E-state index contributed by atoms with van der Waals surface area (Å²) in [6, 6.07) is 6.54. The summed E-state index contributed by atoms with van der Waals surface area (Å²) in [7, 11) is 0. The first-order valence-electron chi connectivity index (χ1n) is 7.67. The molecule has 0 spiro atoms. The molecule has 0 unspecified atom stereocenters. The Kier molecular flexibility index (Phi) is 5.74. The zero-order chi connectivity index (χ0) is 18.7. The number of amides is 1. The molecule has 1 heterocycles. The van der Waals surface area contributed by atoms with E-state index >= 15 is 0 Å². The standard InChI is InChI=1S/C18H18ClFN2O3/c1-9(2)15(22-17(23)11-4-6-12(19)7-5-11)16-14(20)8-13(18(24)25)10(3)21-16/h4-9,15H,1-3H3,(H,22,23)(H,24,25)/t15-/m0/s1. The molecule has 2 aromatic rings. The predicted octanol–water partition coefficient (Wildman–Crippen LogP) is 4.01. The quantitative estimate of drug-likeness (QED) is 0.840. The summed E-state index contributed by atoms with van der Waals surface area (Å²) >= 11 is 5.81. The number of aromatic nitrogens is 1. The Morgan fingerprint density at radius 3 is 2.36 bits per heavy atom. The average Bonchev–Trinajstić information content (AvgIpc) is 2.54. The number of carbonyl (C=O) groups is 2. The number of carbonyl (C=O) groups excluding carboxylic acids is 1. The number of nitrogens with one attached hydrogen (secondary N) is 1. The van der Waals surface area contributed by atoms with Crippen molar-refractivity contribution >= 4 is 23.5 Å². The second-order valence-electron chi connectivity index (χ2n) is 6.00. The van der Waals surface area contributed by atoms with E-state index in [0.29, 0.717) is 10.6 Å². The first-order valence-corrected chi connectivity index (χ1v) is 8.05. The van der Waals surface area contributed by atoms with Crippen molar-refractivity contribution in [3.63, 3.8) is 0 Å². The molecule has 0 radical (unpaired) electrons. The van der Waals surface area contributed by atoms with Gasteiger partial charge in [-0.1, -0.05) is 25.4 Å². The van der Waals surface area contributed by atoms with E-state index < -0.39 is 23.7 Å². The summed E-state index contributed by atoms with van der Waals surface area (Å²) in [5.41, 5.74) is 0.386. The molecule has 0 bridgehead atoms. The van der Waals surface area contributed by atoms with Crippen LogP contribution in [0.15, 0.2) is 30.3 Å². The zero-order valence-electron chi connectivity index (χ0n) is 14.0. The number of hydrogen-bond donors (Lipinski definition) is 2. The van der Waals surface area contributed by atoms with Crippen LogP contribution >= 0.6 is 11.6 Å². The van der Waals surface area contributed by atoms with Crippen LogP contribution < -0.4 is 5.32 Å². The second-order valence-corrected chi connectivity index (χ2v) is 6.43. The number of hydrogen-bond acceptors (Lipinski definition) is 3. The normalized spacial score (nSPS) is 12.1. The van der Waals surface area contributed by atoms with E-state index in [9.17, 15) is 14.0 Å². The number of carboxylic acids is 1. The van der Waals surface area contributed by atoms with Crippen molar-refractivity contribution in [3.8, 4) is 0 Å². The molecular weight excluding hydrogens is 347 g/mol. The van der Waals surface area contributed by atoms with Gasteiger partial charge in [-0.15, -0.1) is 0 Å². The van der Waals surface area contributed by atoms with Crippen LogP contribution in [0, 0.1) is 18.7 Å². The average molecular weight is 365 g/mol. The van der Waals surface area contributed by atoms with Crippen LogP contribution in [-0.2, 0) is 0 Å². The lowest BCUT2D eigenvalue weighted by Gasteiger charge is -2.23. The van der Waals surface area contributed by atoms with Crippen LogP contribution in [0.4, 0.5) is 4.39 Å². The minimum atomic E-state index is -1.25. The van der Waals surface area contributed by atoms with Crippen molar-refractivity contribution in [3.05, 3.63) is 63.7 Å². The highest BCUT2D eigenvalue weighted by Crippen LogP contribution is 2.25. The number of carboxylic acid groups (broad SMARTS) is 1. The summed E-state index contributed by atoms with van der Waals surface area (Å²) in [5, 5.41) is 12.3. The molecule has 2 rings (SSSR count). The van der Waals surface area contributed by atoms with E-state index in [1.807, 2.05) is 13.8 Å². The number of aryl methyl sites for hydroxylation is 1. The third-order valence-electron chi connectivity index (χ3n) is 3.78. The minimum absolute atomic E-state index is 0.0137. The Hall–Kier alpha value is -2.47. The maximum atomic E-state index is 14.4. The summed E-state index contributed by atoms with van der Waals surface area (Å²) in [4.78, 5) is 27.6. The molecule has 1 aromatic carbocycles. The molecule has 0 aliphatic carbocycles. The number of halogens is 2. The van der Waals surface area contributed by atoms with Gasteiger partial charge in [-0.25, -0.2) is 9.18 Å². The minimum Gasteiger partial charge on any atom is -0.478 e. The number of aromatic carboxylic acids is 1. The number of benzene rings is 1. The van der Waals surface area contributed by atoms with Crippen LogP contribution in [0.5, 0.6) is 0 Å². The van der Waals surface area contributed by atoms with E-state index in [1.165, 1.54) is 6.92 Å². The number of pyridine rings is 1. The van der Waals surface area contributed by atoms with Crippen LogP contribution in [0.25, 0.3) is 0 Å². The fourth-order valence-corrected chi connectivity index (χ4v) is 2.54. The first kappa shape index (κ1) is 18.9. The van der Waals surface area contributed by atoms with Gasteiger partial charge in [-0.05, 0) is 43.2 Å². The van der Waals surface area contributed by atoms with Crippen molar-refractivity contribution in [1.29, 1.82) is 0 Å². The van der Waals surface area contributed by atoms with Crippen molar-refractivity contribution < 1.29 is 19.1 Å². The van der Waals surface area contributed by atoms with Gasteiger partial charge in [0, 0.05) is 10.6 Å². The molecular formula is C18H18ClFN2O3. The van der Waals surface area contributed by atoms with Crippen molar-refractivity contribution in [2.45, 2.75) is 26.8 Å². The molecule has 0 saturated heterocycles. The Balaban J connectivity index is 2.35. The topological polar surface area (TPSA) is 79.3 Å². The lowest BCUT2D eigenvalue weighted by Crippen LogP contribution is -2.33. The summed E-state index contributed by atoms with van der Waals surface area (Å²) in [5.74, 6) is -2.57. The molecule has 1 atom stereocenters. The zero-order valence-corrected chi connectivity index (χ0v) is 14.8. The van der Waals surface area contributed by atoms with Crippen LogP contribution in [0.2, 0.25) is 5.02 Å². The van der Waals surface area contributed by atoms with E-state index in [0.717, 1.165) is 6.07 Å². The van der Waals surface area contributed by atoms with Crippen molar-refractivity contribution in [1.82, 2.24) is 10.3 Å². The number of rotatable bonds is 5. The SMILES string of the molecule is Cc1nc([C@@H](NC(=O)c2ccc(Cl)cc2)C(C)C)c(F)cc1C(=O)O. The van der Waals surface area contributed by atoms with E-state index in [4.69, 9.17) is 16.7 Å². The number of nitrogens with zero attached hydrogens (tertiary/aromatic N) is 1. The van der Waals surface area contributed by atoms with Gasteiger partial charge in [-0.2, -0.15) is 0 Å². The van der Waals surface area contributed by atoms with Crippen LogP contribution in [-0.4, -0.2) is 22.0 Å². The molecule has 2 N–H and O–H groups in total. The third-order valence-corrected chi connectivity index (χ3v) is 4.03. The lowest BCUT2D eigenvalue weighted by atomic mass is 9.98. The summed E-state index contributed by atoms with van der Waals surface area (Å²) in [6.45, 7) is 5.12. The molecule has 25 heavy (non-hydrogen) atoms. The van der Waals surface area contributed by atoms with E-state index in [-0.39, 0.29) is 22.9 Å². The lowest BCUT2D eigenvalue weighted by molar-refractivity contribution is 0.0694. The van der Waals surface area contributed by atoms with Crippen LogP contribution in [0.3, 0.4) is 0 Å². The highest BCUT2D eigenvalue weighted by molar-refractivity contribution is 6.30. The molecule has 0 aliphatic heterocycles. The van der Waals surface area contributed by atoms with Gasteiger partial charge in [0.25, 0.3) is 5.91 Å². The maximum Gasteiger partial charge on any atom is 0.337 e. The largest absolute Gasteiger partial charge is 0.478 e. The van der Waals surface area contributed by atoms with Gasteiger partial charge in [0.15, 0.2) is 0 Å². The van der Waals surface area contributed by atoms with Gasteiger partial charge >= 0.3 is 5.97 Å². The highest BCUT2D eigenvalue weighted by Gasteiger charge is 2.25. The molecule has 0 saturated carbocycles. The molecule has 0 fully saturated rings. The Bertz CT molecular complexity index is 807. The van der Waals surface area contributed by atoms with Gasteiger partial charge < -0.3 is 10.4 Å². The second kappa shape index (κ2) is 7.61. The van der Waals surface area contributed by atoms with Crippen molar-refractivity contribution in [2.75, 3.05) is 0 Å². The Labute approximate surface area is 149 Å². The van der Waals surface area contributed by atoms with E-state index in [2.05, 4.69) is 10.3 Å². The van der Waals surface area contributed by atoms with Crippen molar-refractivity contribution in [2.24, 2.45) is 5.92 Å². The van der Waals surface area contributed by atoms with E-state index in [1.54, 1.807) is 24.3 Å². The van der Waals surface area contributed by atoms with Crippen LogP contribution in [0.1, 0.15) is 52.0 Å². The highest BCUT2D eigenvalue weighted by atomic mass is 35.5. The van der Waals surface area contributed by atoms with Gasteiger partial charge in [-0.3, -0.25) is 9.78 Å². The fourth-order valence-electron chi connectivity index (χ4n) is 2.41. The van der Waals surface area contributed by atoms with Gasteiger partial charge in [0.05, 0.1) is 23.0 Å². The maximum absolute atomic E-state index is 14.4. The predicted molar refractivity (Wildman–Crippen MR) is 92.4 cm³/mol. The molecule has 5 nitrogen and oxygen atoms in total. The third kappa shape index (κ3) is 4.33. The molecule has 1 amide bonds. The molecule has 7 heteroatoms. The van der Waals surface area contributed by atoms with Gasteiger partial charge in [0.2, 0.25) is 0 Å². The Morgan fingerprint density at radius 1 is 1.24 bits per heavy atom. The fraction of sp³-hybridized carbons (Fsp3) is 0.278. The smallest absolute Gasteiger partial charge is 0.337 e. The molecule has 0 aliphatic rings.